The van der Waals surface area contributed by atoms with Crippen LogP contribution in [0.5, 0.6) is 0 Å². The van der Waals surface area contributed by atoms with Crippen LogP contribution in [0, 0.1) is 5.41 Å². The van der Waals surface area contributed by atoms with Crippen molar-refractivity contribution in [3.8, 4) is 0 Å². The number of hydrogen-bond donors (Lipinski definition) is 4. The normalized spacial score (nSPS) is 10.8. The maximum Gasteiger partial charge on any atom is 0.416 e. The topological polar surface area (TPSA) is 161 Å². The van der Waals surface area contributed by atoms with Crippen LogP contribution in [-0.4, -0.2) is 41.5 Å². The van der Waals surface area contributed by atoms with Gasteiger partial charge in [-0.25, -0.2) is 14.5 Å². The largest absolute Gasteiger partial charge is 0.444 e. The van der Waals surface area contributed by atoms with Gasteiger partial charge in [0.2, 0.25) is 11.9 Å². The Morgan fingerprint density at radius 2 is 1.45 bits per heavy atom. The van der Waals surface area contributed by atoms with Gasteiger partial charge in [0.1, 0.15) is 13.2 Å². The molecule has 0 aliphatic carbocycles. The van der Waals surface area contributed by atoms with Gasteiger partial charge in [0.05, 0.1) is 6.04 Å². The Morgan fingerprint density at radius 1 is 0.939 bits per heavy atom. The highest BCUT2D eigenvalue weighted by Gasteiger charge is 2.23. The molecule has 10 nitrogen and oxygen atoms in total. The molecule has 0 aliphatic heterocycles. The van der Waals surface area contributed by atoms with Gasteiger partial charge in [0, 0.05) is 6.54 Å². The highest BCUT2D eigenvalue weighted by Crippen LogP contribution is 2.06. The van der Waals surface area contributed by atoms with Crippen LogP contribution >= 0.6 is 12.4 Å². The SMILES string of the molecule is Cl.N=C(NC(=O)OCc1ccccc1)N(CCC[C@H](N)C(N)=O)C(=O)OCc1ccccc1. The van der Waals surface area contributed by atoms with E-state index in [9.17, 15) is 14.4 Å². The standard InChI is InChI=1S/C22H27N5O5.ClH/c23-18(19(24)28)12-7-13-27(22(30)32-15-17-10-5-2-6-11-17)20(25)26-21(29)31-14-16-8-3-1-4-9-16;/h1-6,8-11,18H,7,12-15,23H2,(H2,24,28)(H2,25,26,29);1H/t18-;/m0./s1. The molecule has 3 amide bonds. The van der Waals surface area contributed by atoms with E-state index in [1.54, 1.807) is 48.5 Å². The summed E-state index contributed by atoms with van der Waals surface area (Å²) >= 11 is 0. The summed E-state index contributed by atoms with van der Waals surface area (Å²) in [4.78, 5) is 36.7. The number of amides is 3. The van der Waals surface area contributed by atoms with Gasteiger partial charge >= 0.3 is 12.2 Å². The molecule has 1 atom stereocenters. The van der Waals surface area contributed by atoms with Crippen LogP contribution < -0.4 is 16.8 Å². The molecule has 2 aromatic rings. The molecular formula is C22H28ClN5O5. The molecule has 0 unspecified atom stereocenters. The van der Waals surface area contributed by atoms with Crippen molar-refractivity contribution in [2.24, 2.45) is 11.5 Å². The van der Waals surface area contributed by atoms with Crippen LogP contribution in [-0.2, 0) is 27.5 Å². The molecule has 0 aromatic heterocycles. The second kappa shape index (κ2) is 14.4. The van der Waals surface area contributed by atoms with Crippen LogP contribution in [0.15, 0.2) is 60.7 Å². The number of rotatable bonds is 9. The zero-order valence-electron chi connectivity index (χ0n) is 17.9. The number of ether oxygens (including phenoxy) is 2. The van der Waals surface area contributed by atoms with Crippen molar-refractivity contribution in [2.45, 2.75) is 32.1 Å². The average molecular weight is 478 g/mol. The van der Waals surface area contributed by atoms with Crippen LogP contribution in [0.1, 0.15) is 24.0 Å². The molecule has 0 heterocycles. The highest BCUT2D eigenvalue weighted by atomic mass is 35.5. The highest BCUT2D eigenvalue weighted by molar-refractivity contribution is 5.99. The first-order valence-electron chi connectivity index (χ1n) is 9.96. The van der Waals surface area contributed by atoms with E-state index in [1.165, 1.54) is 0 Å². The predicted molar refractivity (Wildman–Crippen MR) is 124 cm³/mol. The van der Waals surface area contributed by atoms with Crippen LogP contribution in [0.2, 0.25) is 0 Å². The number of carbonyl (C=O) groups excluding carboxylic acids is 3. The Morgan fingerprint density at radius 3 is 1.97 bits per heavy atom. The Hall–Kier alpha value is -3.63. The Balaban J connectivity index is 0.00000544. The molecule has 2 rings (SSSR count). The van der Waals surface area contributed by atoms with Gasteiger partial charge in [-0.2, -0.15) is 0 Å². The summed E-state index contributed by atoms with van der Waals surface area (Å²) in [6.45, 7) is -0.0268. The van der Waals surface area contributed by atoms with Gasteiger partial charge in [-0.15, -0.1) is 12.4 Å². The maximum absolute atomic E-state index is 12.6. The van der Waals surface area contributed by atoms with Gasteiger partial charge in [0.25, 0.3) is 0 Å². The van der Waals surface area contributed by atoms with E-state index in [0.29, 0.717) is 0 Å². The first-order chi connectivity index (χ1) is 15.4. The number of carbonyl (C=O) groups is 3. The zero-order chi connectivity index (χ0) is 23.3. The van der Waals surface area contributed by atoms with Crippen molar-refractivity contribution in [1.82, 2.24) is 10.2 Å². The molecule has 0 saturated heterocycles. The Kier molecular flexibility index (Phi) is 12.0. The molecular weight excluding hydrogens is 450 g/mol. The third-order valence-corrected chi connectivity index (χ3v) is 4.39. The predicted octanol–water partition coefficient (Wildman–Crippen LogP) is 2.50. The van der Waals surface area contributed by atoms with Crippen molar-refractivity contribution in [3.05, 3.63) is 71.8 Å². The first kappa shape index (κ1) is 27.4. The smallest absolute Gasteiger partial charge is 0.416 e. The minimum absolute atomic E-state index is 0. The van der Waals surface area contributed by atoms with Gasteiger partial charge in [-0.3, -0.25) is 15.5 Å². The van der Waals surface area contributed by atoms with Gasteiger partial charge in [0.15, 0.2) is 0 Å². The van der Waals surface area contributed by atoms with E-state index in [1.807, 2.05) is 12.1 Å². The zero-order valence-corrected chi connectivity index (χ0v) is 18.8. The quantitative estimate of drug-likeness (QED) is 0.320. The fourth-order valence-corrected chi connectivity index (χ4v) is 2.63. The second-order valence-electron chi connectivity index (χ2n) is 6.88. The number of benzene rings is 2. The third kappa shape index (κ3) is 10.0. The molecule has 0 saturated carbocycles. The molecule has 178 valence electrons. The monoisotopic (exact) mass is 477 g/mol. The second-order valence-corrected chi connectivity index (χ2v) is 6.88. The fraction of sp³-hybridized carbons (Fsp3) is 0.273. The molecule has 2 aromatic carbocycles. The van der Waals surface area contributed by atoms with Crippen molar-refractivity contribution in [3.63, 3.8) is 0 Å². The van der Waals surface area contributed by atoms with E-state index in [4.69, 9.17) is 26.4 Å². The van der Waals surface area contributed by atoms with Gasteiger partial charge in [-0.05, 0) is 24.0 Å². The number of alkyl carbamates (subject to hydrolysis) is 1. The van der Waals surface area contributed by atoms with Crippen LogP contribution in [0.4, 0.5) is 9.59 Å². The maximum atomic E-state index is 12.6. The Bertz CT molecular complexity index is 914. The molecule has 0 radical (unpaired) electrons. The molecule has 0 bridgehead atoms. The molecule has 33 heavy (non-hydrogen) atoms. The molecule has 0 aliphatic rings. The summed E-state index contributed by atoms with van der Waals surface area (Å²) in [5, 5.41) is 10.3. The summed E-state index contributed by atoms with van der Waals surface area (Å²) in [6.07, 6.45) is -1.28. The lowest BCUT2D eigenvalue weighted by molar-refractivity contribution is -0.119. The number of primary amides is 1. The van der Waals surface area contributed by atoms with Gasteiger partial charge in [-0.1, -0.05) is 60.7 Å². The van der Waals surface area contributed by atoms with E-state index in [-0.39, 0.29) is 45.0 Å². The van der Waals surface area contributed by atoms with Crippen LogP contribution in [0.25, 0.3) is 0 Å². The van der Waals surface area contributed by atoms with E-state index in [2.05, 4.69) is 5.32 Å². The molecule has 6 N–H and O–H groups in total. The number of guanidine groups is 1. The van der Waals surface area contributed by atoms with Crippen LogP contribution in [0.3, 0.4) is 0 Å². The van der Waals surface area contributed by atoms with Crippen molar-refractivity contribution in [1.29, 1.82) is 5.41 Å². The number of hydrogen-bond acceptors (Lipinski definition) is 7. The van der Waals surface area contributed by atoms with E-state index in [0.717, 1.165) is 16.0 Å². The summed E-state index contributed by atoms with van der Waals surface area (Å²) in [6, 6.07) is 17.2. The lowest BCUT2D eigenvalue weighted by atomic mass is 10.1. The number of nitrogens with one attached hydrogen (secondary N) is 2. The molecule has 11 heteroatoms. The lowest BCUT2D eigenvalue weighted by Crippen LogP contribution is -2.47. The van der Waals surface area contributed by atoms with E-state index >= 15 is 0 Å². The number of nitrogens with two attached hydrogens (primary N) is 2. The minimum atomic E-state index is -0.895. The number of halogens is 1. The first-order valence-corrected chi connectivity index (χ1v) is 9.96. The molecule has 0 fully saturated rings. The van der Waals surface area contributed by atoms with Crippen molar-refractivity contribution >= 4 is 36.5 Å². The average Bonchev–Trinajstić information content (AvgIpc) is 2.80. The van der Waals surface area contributed by atoms with Crippen molar-refractivity contribution in [2.75, 3.05) is 6.54 Å². The summed E-state index contributed by atoms with van der Waals surface area (Å²) in [7, 11) is 0. The lowest BCUT2D eigenvalue weighted by Gasteiger charge is -2.23. The summed E-state index contributed by atoms with van der Waals surface area (Å²) in [5.74, 6) is -1.19. The fourth-order valence-electron chi connectivity index (χ4n) is 2.63. The van der Waals surface area contributed by atoms with Gasteiger partial charge < -0.3 is 20.9 Å². The van der Waals surface area contributed by atoms with Crippen molar-refractivity contribution < 1.29 is 23.9 Å². The minimum Gasteiger partial charge on any atom is -0.444 e. The third-order valence-electron chi connectivity index (χ3n) is 4.39. The number of nitrogens with zero attached hydrogens (tertiary/aromatic N) is 1. The molecule has 0 spiro atoms. The summed E-state index contributed by atoms with van der Waals surface area (Å²) < 4.78 is 10.3. The Labute approximate surface area is 198 Å². The summed E-state index contributed by atoms with van der Waals surface area (Å²) in [5.41, 5.74) is 12.3. The van der Waals surface area contributed by atoms with E-state index < -0.39 is 30.1 Å².